The number of nitrogens with one attached hydrogen (secondary N) is 1. The number of aliphatic hydroxyl groups excluding tert-OH is 1. The summed E-state index contributed by atoms with van der Waals surface area (Å²) >= 11 is 0. The van der Waals surface area contributed by atoms with E-state index in [0.29, 0.717) is 5.56 Å². The van der Waals surface area contributed by atoms with Crippen molar-refractivity contribution in [3.63, 3.8) is 0 Å². The highest BCUT2D eigenvalue weighted by atomic mass is 16.3. The van der Waals surface area contributed by atoms with E-state index in [4.69, 9.17) is 0 Å². The van der Waals surface area contributed by atoms with Gasteiger partial charge in [0, 0.05) is 55.6 Å². The largest absolute Gasteiger partial charge is 0.389 e. The molecule has 0 radical (unpaired) electrons. The van der Waals surface area contributed by atoms with Crippen LogP contribution in [0.1, 0.15) is 20.7 Å². The van der Waals surface area contributed by atoms with Gasteiger partial charge in [0.05, 0.1) is 17.2 Å². The van der Waals surface area contributed by atoms with Crippen LogP contribution in [0, 0.1) is 0 Å². The van der Waals surface area contributed by atoms with Crippen LogP contribution >= 0.6 is 0 Å². The normalized spacial score (nSPS) is 17.2. The number of nitrogens with zero attached hydrogens (tertiary/aromatic N) is 3. The van der Waals surface area contributed by atoms with Crippen molar-refractivity contribution in [3.05, 3.63) is 76.3 Å². The van der Waals surface area contributed by atoms with E-state index in [-0.39, 0.29) is 49.1 Å². The van der Waals surface area contributed by atoms with Gasteiger partial charge in [0.15, 0.2) is 0 Å². The molecule has 2 aromatic heterocycles. The lowest BCUT2D eigenvalue weighted by molar-refractivity contribution is 0.0631. The van der Waals surface area contributed by atoms with Crippen molar-refractivity contribution in [2.24, 2.45) is 0 Å². The van der Waals surface area contributed by atoms with Gasteiger partial charge in [0.2, 0.25) is 5.56 Å². The fourth-order valence-electron chi connectivity index (χ4n) is 3.49. The van der Waals surface area contributed by atoms with Gasteiger partial charge in [0.25, 0.3) is 11.8 Å². The average molecular weight is 392 g/mol. The Morgan fingerprint density at radius 3 is 2.41 bits per heavy atom. The number of para-hydroxylation sites is 1. The number of pyridine rings is 2. The predicted molar refractivity (Wildman–Crippen MR) is 107 cm³/mol. The maximum Gasteiger partial charge on any atom is 0.255 e. The van der Waals surface area contributed by atoms with Crippen molar-refractivity contribution < 1.29 is 14.7 Å². The molecule has 1 aromatic carbocycles. The van der Waals surface area contributed by atoms with Gasteiger partial charge in [-0.05, 0) is 18.2 Å². The van der Waals surface area contributed by atoms with Gasteiger partial charge in [-0.2, -0.15) is 0 Å². The highest BCUT2D eigenvalue weighted by Crippen LogP contribution is 2.16. The molecule has 3 aromatic rings. The summed E-state index contributed by atoms with van der Waals surface area (Å²) < 4.78 is 0. The second kappa shape index (κ2) is 7.84. The first-order valence-electron chi connectivity index (χ1n) is 9.31. The van der Waals surface area contributed by atoms with Crippen LogP contribution in [-0.2, 0) is 0 Å². The molecule has 4 rings (SSSR count). The molecule has 1 fully saturated rings. The fourth-order valence-corrected chi connectivity index (χ4v) is 3.49. The summed E-state index contributed by atoms with van der Waals surface area (Å²) in [4.78, 5) is 46.9. The summed E-state index contributed by atoms with van der Waals surface area (Å²) in [6.45, 7) is 0.739. The van der Waals surface area contributed by atoms with Crippen LogP contribution in [0.25, 0.3) is 10.9 Å². The molecule has 148 valence electrons. The smallest absolute Gasteiger partial charge is 0.255 e. The number of amides is 2. The molecule has 2 amide bonds. The third kappa shape index (κ3) is 4.02. The first kappa shape index (κ1) is 18.8. The molecule has 0 saturated carbocycles. The van der Waals surface area contributed by atoms with Gasteiger partial charge in [-0.3, -0.25) is 19.4 Å². The number of carbonyl (C=O) groups is 2. The Hall–Kier alpha value is -3.52. The van der Waals surface area contributed by atoms with E-state index in [2.05, 4.69) is 9.97 Å². The summed E-state index contributed by atoms with van der Waals surface area (Å²) in [7, 11) is 0. The van der Waals surface area contributed by atoms with Crippen LogP contribution in [0.15, 0.2) is 59.7 Å². The van der Waals surface area contributed by atoms with Gasteiger partial charge in [-0.25, -0.2) is 0 Å². The zero-order valence-electron chi connectivity index (χ0n) is 15.6. The molecule has 29 heavy (non-hydrogen) atoms. The molecule has 1 aliphatic heterocycles. The third-order valence-corrected chi connectivity index (χ3v) is 4.94. The Labute approximate surface area is 166 Å². The first-order valence-corrected chi connectivity index (χ1v) is 9.31. The summed E-state index contributed by atoms with van der Waals surface area (Å²) in [5.74, 6) is -0.593. The SMILES string of the molecule is O=C(c1cc[nH]c(=O)c1)N1CCN(C(=O)c2cnc3ccccc3c2)CC(O)C1. The zero-order valence-corrected chi connectivity index (χ0v) is 15.6. The van der Waals surface area contributed by atoms with E-state index in [1.165, 1.54) is 34.3 Å². The molecular formula is C21H20N4O4. The van der Waals surface area contributed by atoms with Crippen LogP contribution in [0.4, 0.5) is 0 Å². The molecule has 1 atom stereocenters. The van der Waals surface area contributed by atoms with Crippen molar-refractivity contribution >= 4 is 22.7 Å². The molecule has 8 nitrogen and oxygen atoms in total. The van der Waals surface area contributed by atoms with Crippen LogP contribution < -0.4 is 5.56 Å². The van der Waals surface area contributed by atoms with Crippen LogP contribution in [0.5, 0.6) is 0 Å². The molecule has 3 heterocycles. The zero-order chi connectivity index (χ0) is 20.4. The van der Waals surface area contributed by atoms with Crippen molar-refractivity contribution in [1.29, 1.82) is 0 Å². The van der Waals surface area contributed by atoms with Crippen molar-refractivity contribution in [1.82, 2.24) is 19.8 Å². The molecule has 8 heteroatoms. The molecule has 2 N–H and O–H groups in total. The number of hydrogen-bond donors (Lipinski definition) is 2. The number of rotatable bonds is 2. The minimum absolute atomic E-state index is 0.0887. The standard InChI is InChI=1S/C21H20N4O4/c26-17-12-24(20(28)15-5-6-22-19(27)10-15)7-8-25(13-17)21(29)16-9-14-3-1-2-4-18(14)23-11-16/h1-6,9-11,17,26H,7-8,12-13H2,(H,22,27). The van der Waals surface area contributed by atoms with Crippen molar-refractivity contribution in [2.75, 3.05) is 26.2 Å². The number of β-amino-alcohol motifs (C(OH)–C–C–N with tert-alkyl or cyclic N) is 1. The topological polar surface area (TPSA) is 107 Å². The molecule has 0 bridgehead atoms. The summed E-state index contributed by atoms with van der Waals surface area (Å²) in [5.41, 5.74) is 1.12. The number of aromatic nitrogens is 2. The Morgan fingerprint density at radius 1 is 1.00 bits per heavy atom. The Bertz CT molecular complexity index is 1130. The number of carbonyl (C=O) groups excluding carboxylic acids is 2. The molecule has 0 spiro atoms. The van der Waals surface area contributed by atoms with Gasteiger partial charge in [0.1, 0.15) is 0 Å². The highest BCUT2D eigenvalue weighted by molar-refractivity contribution is 5.97. The highest BCUT2D eigenvalue weighted by Gasteiger charge is 2.28. The lowest BCUT2D eigenvalue weighted by atomic mass is 10.1. The van der Waals surface area contributed by atoms with Crippen LogP contribution in [0.3, 0.4) is 0 Å². The second-order valence-corrected chi connectivity index (χ2v) is 7.01. The number of aliphatic hydroxyl groups is 1. The van der Waals surface area contributed by atoms with E-state index in [1.54, 1.807) is 6.07 Å². The molecular weight excluding hydrogens is 372 g/mol. The fraction of sp³-hybridized carbons (Fsp3) is 0.238. The summed E-state index contributed by atoms with van der Waals surface area (Å²) in [5, 5.41) is 11.2. The Balaban J connectivity index is 1.52. The number of fused-ring (bicyclic) bond motifs is 1. The summed E-state index contributed by atoms with van der Waals surface area (Å²) in [6, 6.07) is 12.0. The monoisotopic (exact) mass is 392 g/mol. The van der Waals surface area contributed by atoms with Gasteiger partial charge in [-0.15, -0.1) is 0 Å². The van der Waals surface area contributed by atoms with Gasteiger partial charge >= 0.3 is 0 Å². The lowest BCUT2D eigenvalue weighted by Crippen LogP contribution is -2.38. The molecule has 1 aliphatic rings. The minimum Gasteiger partial charge on any atom is -0.389 e. The van der Waals surface area contributed by atoms with E-state index >= 15 is 0 Å². The first-order chi connectivity index (χ1) is 14.0. The van der Waals surface area contributed by atoms with Gasteiger partial charge in [-0.1, -0.05) is 18.2 Å². The van der Waals surface area contributed by atoms with Crippen LogP contribution in [-0.4, -0.2) is 69.0 Å². The number of H-pyrrole nitrogens is 1. The van der Waals surface area contributed by atoms with E-state index in [1.807, 2.05) is 24.3 Å². The van der Waals surface area contributed by atoms with E-state index in [0.717, 1.165) is 10.9 Å². The van der Waals surface area contributed by atoms with E-state index in [9.17, 15) is 19.5 Å². The predicted octanol–water partition coefficient (Wildman–Crippen LogP) is 0.882. The third-order valence-electron chi connectivity index (χ3n) is 4.94. The van der Waals surface area contributed by atoms with Crippen molar-refractivity contribution in [3.8, 4) is 0 Å². The Kier molecular flexibility index (Phi) is 5.09. The van der Waals surface area contributed by atoms with Gasteiger partial charge < -0.3 is 19.9 Å². The molecule has 1 unspecified atom stereocenters. The maximum absolute atomic E-state index is 13.0. The lowest BCUT2D eigenvalue weighted by Gasteiger charge is -2.22. The van der Waals surface area contributed by atoms with E-state index < -0.39 is 6.10 Å². The maximum atomic E-state index is 13.0. The quantitative estimate of drug-likeness (QED) is 0.673. The molecule has 0 aliphatic carbocycles. The number of aromatic amines is 1. The Morgan fingerprint density at radius 2 is 1.69 bits per heavy atom. The summed E-state index contributed by atoms with van der Waals surface area (Å²) in [6.07, 6.45) is 2.05. The molecule has 1 saturated heterocycles. The number of hydrogen-bond acceptors (Lipinski definition) is 5. The van der Waals surface area contributed by atoms with Crippen LogP contribution in [0.2, 0.25) is 0 Å². The minimum atomic E-state index is -0.888. The second-order valence-electron chi connectivity index (χ2n) is 7.01. The van der Waals surface area contributed by atoms with Crippen molar-refractivity contribution in [2.45, 2.75) is 6.10 Å². The number of benzene rings is 1. The average Bonchev–Trinajstić information content (AvgIpc) is 2.94.